The van der Waals surface area contributed by atoms with E-state index in [0.29, 0.717) is 11.3 Å². The Morgan fingerprint density at radius 1 is 1.19 bits per heavy atom. The largest absolute Gasteiger partial charge is 0.573 e. The fourth-order valence-electron chi connectivity index (χ4n) is 2.60. The second-order valence-electron chi connectivity index (χ2n) is 5.72. The van der Waals surface area contributed by atoms with E-state index in [2.05, 4.69) is 20.0 Å². The lowest BCUT2D eigenvalue weighted by Gasteiger charge is -2.22. The normalized spacial score (nSPS) is 20.2. The zero-order valence-corrected chi connectivity index (χ0v) is 13.4. The lowest BCUT2D eigenvalue weighted by Crippen LogP contribution is -2.40. The van der Waals surface area contributed by atoms with Crippen LogP contribution in [-0.4, -0.2) is 33.2 Å². The number of nitrogens with zero attached hydrogens (tertiary/aromatic N) is 3. The van der Waals surface area contributed by atoms with Gasteiger partial charge < -0.3 is 10.1 Å². The first kappa shape index (κ1) is 17.6. The Bertz CT molecular complexity index is 827. The first-order valence-corrected chi connectivity index (χ1v) is 7.44. The lowest BCUT2D eigenvalue weighted by molar-refractivity contribution is -0.274. The summed E-state index contributed by atoms with van der Waals surface area (Å²) in [4.78, 5) is 33.7. The maximum absolute atomic E-state index is 12.7. The number of halogens is 3. The number of benzene rings is 1. The third kappa shape index (κ3) is 3.44. The van der Waals surface area contributed by atoms with Crippen molar-refractivity contribution in [2.24, 2.45) is 0 Å². The van der Waals surface area contributed by atoms with Crippen LogP contribution in [0.2, 0.25) is 0 Å². The highest BCUT2D eigenvalue weighted by atomic mass is 19.4. The van der Waals surface area contributed by atoms with Crippen LogP contribution in [0.15, 0.2) is 42.9 Å². The van der Waals surface area contributed by atoms with Gasteiger partial charge in [-0.2, -0.15) is 0 Å². The van der Waals surface area contributed by atoms with Crippen molar-refractivity contribution in [3.63, 3.8) is 0 Å². The van der Waals surface area contributed by atoms with Crippen LogP contribution in [-0.2, 0) is 16.9 Å². The molecule has 10 heteroatoms. The average molecular weight is 366 g/mol. The van der Waals surface area contributed by atoms with E-state index in [0.717, 1.165) is 17.0 Å². The standard InChI is InChI=1S/C16H13F3N4O3/c1-15(10-2-4-12(5-3-10)26-16(17,18)19)13(24)23(14(25)22-15)8-11-6-7-20-9-21-11/h2-7,9H,8H2,1H3,(H,22,25). The minimum Gasteiger partial charge on any atom is -0.406 e. The van der Waals surface area contributed by atoms with Gasteiger partial charge in [0.25, 0.3) is 5.91 Å². The van der Waals surface area contributed by atoms with Crippen molar-refractivity contribution in [3.05, 3.63) is 54.1 Å². The molecule has 0 spiro atoms. The molecular weight excluding hydrogens is 353 g/mol. The lowest BCUT2D eigenvalue weighted by atomic mass is 9.92. The van der Waals surface area contributed by atoms with E-state index in [9.17, 15) is 22.8 Å². The number of ether oxygens (including phenoxy) is 1. The summed E-state index contributed by atoms with van der Waals surface area (Å²) in [6.07, 6.45) is -2.02. The van der Waals surface area contributed by atoms with Crippen molar-refractivity contribution in [1.29, 1.82) is 0 Å². The van der Waals surface area contributed by atoms with Crippen molar-refractivity contribution >= 4 is 11.9 Å². The molecule has 0 saturated carbocycles. The molecule has 2 aromatic rings. The second kappa shape index (κ2) is 6.28. The second-order valence-corrected chi connectivity index (χ2v) is 5.72. The number of amides is 3. The van der Waals surface area contributed by atoms with Gasteiger partial charge in [0.05, 0.1) is 12.2 Å². The van der Waals surface area contributed by atoms with Gasteiger partial charge >= 0.3 is 12.4 Å². The molecule has 2 heterocycles. The van der Waals surface area contributed by atoms with Gasteiger partial charge in [-0.1, -0.05) is 12.1 Å². The molecule has 136 valence electrons. The highest BCUT2D eigenvalue weighted by Gasteiger charge is 2.49. The first-order valence-electron chi connectivity index (χ1n) is 7.44. The molecule has 3 rings (SSSR count). The predicted molar refractivity (Wildman–Crippen MR) is 81.6 cm³/mol. The third-order valence-electron chi connectivity index (χ3n) is 3.90. The van der Waals surface area contributed by atoms with E-state index in [1.54, 1.807) is 6.07 Å². The average Bonchev–Trinajstić information content (AvgIpc) is 2.79. The summed E-state index contributed by atoms with van der Waals surface area (Å²) < 4.78 is 40.5. The maximum Gasteiger partial charge on any atom is 0.573 e. The molecule has 1 fully saturated rings. The van der Waals surface area contributed by atoms with Crippen molar-refractivity contribution in [2.75, 3.05) is 0 Å². The first-order chi connectivity index (χ1) is 12.2. The zero-order chi connectivity index (χ0) is 18.9. The summed E-state index contributed by atoms with van der Waals surface area (Å²) in [6, 6.07) is 5.72. The van der Waals surface area contributed by atoms with Gasteiger partial charge in [-0.15, -0.1) is 13.2 Å². The number of carbonyl (C=O) groups excluding carboxylic acids is 2. The summed E-state index contributed by atoms with van der Waals surface area (Å²) in [6.45, 7) is 1.44. The molecule has 1 atom stereocenters. The molecule has 1 saturated heterocycles. The van der Waals surface area contributed by atoms with E-state index < -0.39 is 29.6 Å². The number of aromatic nitrogens is 2. The third-order valence-corrected chi connectivity index (χ3v) is 3.90. The van der Waals surface area contributed by atoms with E-state index in [1.165, 1.54) is 31.6 Å². The number of rotatable bonds is 4. The number of hydrogen-bond donors (Lipinski definition) is 1. The molecule has 26 heavy (non-hydrogen) atoms. The van der Waals surface area contributed by atoms with Gasteiger partial charge in [-0.3, -0.25) is 9.69 Å². The Labute approximate surface area is 145 Å². The molecule has 3 amide bonds. The summed E-state index contributed by atoms with van der Waals surface area (Å²) in [5.41, 5.74) is -0.599. The Balaban J connectivity index is 1.81. The van der Waals surface area contributed by atoms with Crippen molar-refractivity contribution in [3.8, 4) is 5.75 Å². The quantitative estimate of drug-likeness (QED) is 0.840. The highest BCUT2D eigenvalue weighted by molar-refractivity contribution is 6.07. The van der Waals surface area contributed by atoms with E-state index in [4.69, 9.17) is 0 Å². The van der Waals surface area contributed by atoms with Crippen molar-refractivity contribution in [2.45, 2.75) is 25.4 Å². The summed E-state index contributed by atoms with van der Waals surface area (Å²) >= 11 is 0. The van der Waals surface area contributed by atoms with Crippen LogP contribution < -0.4 is 10.1 Å². The minimum absolute atomic E-state index is 0.0436. The molecule has 1 aliphatic rings. The van der Waals surface area contributed by atoms with Gasteiger partial charge in [-0.05, 0) is 30.7 Å². The number of alkyl halides is 3. The Morgan fingerprint density at radius 2 is 1.88 bits per heavy atom. The topological polar surface area (TPSA) is 84.4 Å². The smallest absolute Gasteiger partial charge is 0.406 e. The van der Waals surface area contributed by atoms with Crippen LogP contribution in [0.25, 0.3) is 0 Å². The number of hydrogen-bond acceptors (Lipinski definition) is 5. The van der Waals surface area contributed by atoms with Crippen LogP contribution in [0.4, 0.5) is 18.0 Å². The maximum atomic E-state index is 12.7. The summed E-state index contributed by atoms with van der Waals surface area (Å²) in [5.74, 6) is -0.954. The van der Waals surface area contributed by atoms with Crippen LogP contribution in [0, 0.1) is 0 Å². The van der Waals surface area contributed by atoms with Gasteiger partial charge in [-0.25, -0.2) is 14.8 Å². The highest BCUT2D eigenvalue weighted by Crippen LogP contribution is 2.31. The molecule has 0 bridgehead atoms. The van der Waals surface area contributed by atoms with E-state index in [1.807, 2.05) is 0 Å². The van der Waals surface area contributed by atoms with Crippen LogP contribution in [0.5, 0.6) is 5.75 Å². The Morgan fingerprint density at radius 3 is 2.46 bits per heavy atom. The van der Waals surface area contributed by atoms with Crippen LogP contribution >= 0.6 is 0 Å². The van der Waals surface area contributed by atoms with Crippen LogP contribution in [0.3, 0.4) is 0 Å². The van der Waals surface area contributed by atoms with Gasteiger partial charge in [0.2, 0.25) is 0 Å². The summed E-state index contributed by atoms with van der Waals surface area (Å²) in [5, 5.41) is 2.57. The number of urea groups is 1. The Hall–Kier alpha value is -3.17. The van der Waals surface area contributed by atoms with Crippen molar-refractivity contribution < 1.29 is 27.5 Å². The molecule has 0 radical (unpaired) electrons. The Kier molecular flexibility index (Phi) is 4.26. The molecule has 7 nitrogen and oxygen atoms in total. The molecule has 1 aromatic heterocycles. The van der Waals surface area contributed by atoms with Gasteiger partial charge in [0.15, 0.2) is 0 Å². The van der Waals surface area contributed by atoms with E-state index in [-0.39, 0.29) is 6.54 Å². The molecule has 1 aromatic carbocycles. The van der Waals surface area contributed by atoms with E-state index >= 15 is 0 Å². The minimum atomic E-state index is -4.81. The predicted octanol–water partition coefficient (Wildman–Crippen LogP) is 2.34. The van der Waals surface area contributed by atoms with Crippen molar-refractivity contribution in [1.82, 2.24) is 20.2 Å². The molecule has 0 aliphatic carbocycles. The monoisotopic (exact) mass is 366 g/mol. The zero-order valence-electron chi connectivity index (χ0n) is 13.4. The fraction of sp³-hybridized carbons (Fsp3) is 0.250. The SMILES string of the molecule is CC1(c2ccc(OC(F)(F)F)cc2)NC(=O)N(Cc2ccncn2)C1=O. The van der Waals surface area contributed by atoms with Gasteiger partial charge in [0, 0.05) is 6.20 Å². The number of nitrogens with one attached hydrogen (secondary N) is 1. The number of carbonyl (C=O) groups is 2. The van der Waals surface area contributed by atoms with Crippen LogP contribution in [0.1, 0.15) is 18.2 Å². The molecule has 1 N–H and O–H groups in total. The fourth-order valence-corrected chi connectivity index (χ4v) is 2.60. The number of imide groups is 1. The molecular formula is C16H13F3N4O3. The summed E-state index contributed by atoms with van der Waals surface area (Å²) in [7, 11) is 0. The van der Waals surface area contributed by atoms with Gasteiger partial charge in [0.1, 0.15) is 17.6 Å². The molecule has 1 unspecified atom stereocenters. The molecule has 1 aliphatic heterocycles.